The molecule has 248 valence electrons. The maximum atomic E-state index is 14.1. The summed E-state index contributed by atoms with van der Waals surface area (Å²) < 4.78 is 49.9. The second kappa shape index (κ2) is 13.2. The number of carbonyl (C=O) groups excluding carboxylic acids is 2. The van der Waals surface area contributed by atoms with Crippen LogP contribution < -0.4 is 15.4 Å². The fourth-order valence-corrected chi connectivity index (χ4v) is 5.93. The van der Waals surface area contributed by atoms with Crippen LogP contribution in [0.25, 0.3) is 5.65 Å². The normalized spacial score (nSPS) is 17.0. The van der Waals surface area contributed by atoms with Crippen LogP contribution in [0.2, 0.25) is 0 Å². The molecular formula is C32H36F3N9O3. The third kappa shape index (κ3) is 7.00. The summed E-state index contributed by atoms with van der Waals surface area (Å²) in [6.45, 7) is 5.52. The zero-order chi connectivity index (χ0) is 33.3. The number of fused-ring (bicyclic) bond motifs is 2. The van der Waals surface area contributed by atoms with Gasteiger partial charge in [-0.3, -0.25) is 14.7 Å². The van der Waals surface area contributed by atoms with Gasteiger partial charge in [0.25, 0.3) is 5.91 Å². The first-order chi connectivity index (χ1) is 22.5. The first kappa shape index (κ1) is 32.2. The van der Waals surface area contributed by atoms with Crippen LogP contribution in [0.5, 0.6) is 11.5 Å². The number of imidazole rings is 1. The van der Waals surface area contributed by atoms with Gasteiger partial charge in [0.15, 0.2) is 11.4 Å². The summed E-state index contributed by atoms with van der Waals surface area (Å²) in [5.41, 5.74) is 1.66. The summed E-state index contributed by atoms with van der Waals surface area (Å²) in [4.78, 5) is 39.9. The number of nitrogens with zero attached hydrogens (tertiary/aromatic N) is 7. The van der Waals surface area contributed by atoms with E-state index >= 15 is 0 Å². The Morgan fingerprint density at radius 1 is 1.15 bits per heavy atom. The third-order valence-corrected chi connectivity index (χ3v) is 8.39. The summed E-state index contributed by atoms with van der Waals surface area (Å²) in [7, 11) is 3.27. The van der Waals surface area contributed by atoms with E-state index in [1.807, 2.05) is 11.8 Å². The minimum Gasteiger partial charge on any atom is -0.452 e. The quantitative estimate of drug-likeness (QED) is 0.298. The molecule has 2 N–H and O–H groups in total. The molecule has 2 aliphatic heterocycles. The van der Waals surface area contributed by atoms with Crippen molar-refractivity contribution in [2.24, 2.45) is 0 Å². The van der Waals surface area contributed by atoms with Crippen LogP contribution in [0.15, 0.2) is 48.9 Å². The van der Waals surface area contributed by atoms with E-state index in [1.54, 1.807) is 37.3 Å². The number of urea groups is 1. The molecule has 0 spiro atoms. The minimum atomic E-state index is -4.57. The van der Waals surface area contributed by atoms with Crippen molar-refractivity contribution in [3.8, 4) is 11.5 Å². The summed E-state index contributed by atoms with van der Waals surface area (Å²) in [5.74, 6) is 0.400. The molecule has 5 heterocycles. The summed E-state index contributed by atoms with van der Waals surface area (Å²) in [6, 6.07) is 6.91. The molecular weight excluding hydrogens is 615 g/mol. The lowest BCUT2D eigenvalue weighted by Gasteiger charge is -2.33. The second-order valence-electron chi connectivity index (χ2n) is 11.9. The van der Waals surface area contributed by atoms with E-state index in [1.165, 1.54) is 33.9 Å². The van der Waals surface area contributed by atoms with Crippen LogP contribution in [-0.2, 0) is 19.3 Å². The van der Waals surface area contributed by atoms with Gasteiger partial charge < -0.3 is 25.2 Å². The summed E-state index contributed by atoms with van der Waals surface area (Å²) in [5, 5.41) is 10.1. The topological polar surface area (TPSA) is 120 Å². The monoisotopic (exact) mass is 651 g/mol. The first-order valence-corrected chi connectivity index (χ1v) is 15.4. The molecule has 0 unspecified atom stereocenters. The Morgan fingerprint density at radius 2 is 1.94 bits per heavy atom. The molecule has 2 aliphatic rings. The highest BCUT2D eigenvalue weighted by atomic mass is 19.4. The van der Waals surface area contributed by atoms with Crippen LogP contribution in [0.4, 0.5) is 23.7 Å². The number of halogens is 3. The highest BCUT2D eigenvalue weighted by molar-refractivity contribution is 5.92. The zero-order valence-corrected chi connectivity index (χ0v) is 26.3. The molecule has 1 atom stereocenters. The van der Waals surface area contributed by atoms with Gasteiger partial charge in [-0.15, -0.1) is 0 Å². The number of piperazine rings is 1. The van der Waals surface area contributed by atoms with Gasteiger partial charge in [-0.2, -0.15) is 18.3 Å². The van der Waals surface area contributed by atoms with Crippen LogP contribution in [0, 0.1) is 0 Å². The van der Waals surface area contributed by atoms with Crippen molar-refractivity contribution < 1.29 is 27.5 Å². The highest BCUT2D eigenvalue weighted by Gasteiger charge is 2.35. The van der Waals surface area contributed by atoms with Crippen LogP contribution in [-0.4, -0.2) is 93.0 Å². The fourth-order valence-electron chi connectivity index (χ4n) is 5.93. The molecule has 15 heteroatoms. The summed E-state index contributed by atoms with van der Waals surface area (Å²) >= 11 is 0. The van der Waals surface area contributed by atoms with Crippen molar-refractivity contribution >= 4 is 23.3 Å². The lowest BCUT2D eigenvalue weighted by atomic mass is 9.92. The van der Waals surface area contributed by atoms with E-state index < -0.39 is 17.8 Å². The Morgan fingerprint density at radius 3 is 2.66 bits per heavy atom. The van der Waals surface area contributed by atoms with Crippen LogP contribution in [0.3, 0.4) is 0 Å². The molecule has 0 saturated carbocycles. The molecule has 6 rings (SSSR count). The third-order valence-electron chi connectivity index (χ3n) is 8.39. The maximum Gasteiger partial charge on any atom is 0.416 e. The SMILES string of the molecule is CC[C@@H]1CN(C(=O)Nc2ccc(CN3CCNCC3)c(C(F)(F)F)c2)Cc2cc(Oc3ccnn4cc(C(=O)N(C)C)nc34)cnc21. The van der Waals surface area contributed by atoms with E-state index in [2.05, 4.69) is 25.7 Å². The average molecular weight is 652 g/mol. The van der Waals surface area contributed by atoms with Crippen molar-refractivity contribution in [1.82, 2.24) is 39.6 Å². The number of ether oxygens (including phenoxy) is 1. The molecule has 3 aromatic heterocycles. The van der Waals surface area contributed by atoms with Gasteiger partial charge in [0, 0.05) is 77.6 Å². The molecule has 12 nitrogen and oxygen atoms in total. The molecule has 0 radical (unpaired) electrons. The van der Waals surface area contributed by atoms with Crippen LogP contribution in [0.1, 0.15) is 52.1 Å². The molecule has 1 saturated heterocycles. The molecule has 3 amide bonds. The molecule has 1 aromatic carbocycles. The van der Waals surface area contributed by atoms with Crippen molar-refractivity contribution in [3.63, 3.8) is 0 Å². The van der Waals surface area contributed by atoms with E-state index in [9.17, 15) is 22.8 Å². The molecule has 0 aliphatic carbocycles. The molecule has 0 bridgehead atoms. The lowest BCUT2D eigenvalue weighted by molar-refractivity contribution is -0.138. The van der Waals surface area contributed by atoms with Gasteiger partial charge >= 0.3 is 12.2 Å². The number of rotatable bonds is 7. The number of pyridine rings is 1. The number of alkyl halides is 3. The number of hydrogen-bond donors (Lipinski definition) is 2. The van der Waals surface area contributed by atoms with Crippen LogP contribution >= 0.6 is 0 Å². The van der Waals surface area contributed by atoms with Gasteiger partial charge in [-0.05, 0) is 35.7 Å². The Kier molecular flexibility index (Phi) is 9.01. The van der Waals surface area contributed by atoms with Crippen molar-refractivity contribution in [3.05, 3.63) is 77.0 Å². The Balaban J connectivity index is 1.20. The minimum absolute atomic E-state index is 0.0777. The average Bonchev–Trinajstić information content (AvgIpc) is 3.50. The smallest absolute Gasteiger partial charge is 0.416 e. The zero-order valence-electron chi connectivity index (χ0n) is 26.3. The van der Waals surface area contributed by atoms with E-state index in [0.717, 1.165) is 30.4 Å². The molecule has 1 fully saturated rings. The van der Waals surface area contributed by atoms with Gasteiger partial charge in [-0.25, -0.2) is 14.3 Å². The number of hydrogen-bond acceptors (Lipinski definition) is 8. The van der Waals surface area contributed by atoms with Crippen molar-refractivity contribution in [1.29, 1.82) is 0 Å². The molecule has 47 heavy (non-hydrogen) atoms. The number of aromatic nitrogens is 4. The predicted molar refractivity (Wildman–Crippen MR) is 167 cm³/mol. The Bertz CT molecular complexity index is 1790. The van der Waals surface area contributed by atoms with E-state index in [-0.39, 0.29) is 41.9 Å². The predicted octanol–water partition coefficient (Wildman–Crippen LogP) is 4.58. The Labute approximate surface area is 269 Å². The second-order valence-corrected chi connectivity index (χ2v) is 11.9. The Hall–Kier alpha value is -4.76. The van der Waals surface area contributed by atoms with E-state index in [4.69, 9.17) is 4.74 Å². The van der Waals surface area contributed by atoms with E-state index in [0.29, 0.717) is 43.2 Å². The number of carbonyl (C=O) groups is 2. The van der Waals surface area contributed by atoms with Gasteiger partial charge in [0.1, 0.15) is 11.4 Å². The first-order valence-electron chi connectivity index (χ1n) is 15.4. The summed E-state index contributed by atoms with van der Waals surface area (Å²) in [6.07, 6.45) is 0.786. The van der Waals surface area contributed by atoms with Gasteiger partial charge in [0.05, 0.1) is 29.8 Å². The van der Waals surface area contributed by atoms with Gasteiger partial charge in [0.2, 0.25) is 0 Å². The largest absolute Gasteiger partial charge is 0.452 e. The number of benzene rings is 1. The number of nitrogens with one attached hydrogen (secondary N) is 2. The standard InChI is InChI=1S/C32H36F3N9O3/c1-4-20-17-43(31(46)39-23-6-5-21(25(14-23)32(33,34)35)16-42-11-9-36-10-12-42)18-22-13-24(15-37-28(20)22)47-27-7-8-38-44-19-26(40-29(27)44)30(45)41(2)3/h5-8,13-15,19-20,36H,4,9-12,16-18H2,1-3H3,(H,39,46)/t20-/m1/s1. The number of anilines is 1. The van der Waals surface area contributed by atoms with Crippen molar-refractivity contribution in [2.75, 3.05) is 52.1 Å². The molecule has 4 aromatic rings. The maximum absolute atomic E-state index is 14.1. The fraction of sp³-hybridized carbons (Fsp3) is 0.406. The highest BCUT2D eigenvalue weighted by Crippen LogP contribution is 2.36. The number of amides is 3. The van der Waals surface area contributed by atoms with Crippen molar-refractivity contribution in [2.45, 2.75) is 38.5 Å². The van der Waals surface area contributed by atoms with Gasteiger partial charge in [-0.1, -0.05) is 13.0 Å². The lowest BCUT2D eigenvalue weighted by Crippen LogP contribution is -2.43.